The fourth-order valence-corrected chi connectivity index (χ4v) is 3.17. The zero-order chi connectivity index (χ0) is 16.8. The van der Waals surface area contributed by atoms with Gasteiger partial charge in [-0.25, -0.2) is 17.9 Å². The van der Waals surface area contributed by atoms with E-state index >= 15 is 0 Å². The second kappa shape index (κ2) is 8.14. The van der Waals surface area contributed by atoms with Gasteiger partial charge in [-0.05, 0) is 51.5 Å². The molecule has 0 aliphatic rings. The molecule has 2 N–H and O–H groups in total. The quantitative estimate of drug-likeness (QED) is 0.808. The highest BCUT2D eigenvalue weighted by atomic mass is 32.2. The predicted octanol–water partition coefficient (Wildman–Crippen LogP) is 2.64. The standard InChI is InChI=1S/C15H25N3O3S/c1-5-12(4)17-22(20,21)14-10-8-13(9-11-14)16-15(19)18(6-2)7-3/h8-12,17H,5-7H2,1-4H3,(H,16,19). The van der Waals surface area contributed by atoms with E-state index in [2.05, 4.69) is 10.0 Å². The smallest absolute Gasteiger partial charge is 0.321 e. The van der Waals surface area contributed by atoms with Crippen LogP contribution in [0.25, 0.3) is 0 Å². The van der Waals surface area contributed by atoms with Crippen molar-refractivity contribution in [3.05, 3.63) is 24.3 Å². The van der Waals surface area contributed by atoms with Crippen LogP contribution in [0.3, 0.4) is 0 Å². The zero-order valence-corrected chi connectivity index (χ0v) is 14.4. The van der Waals surface area contributed by atoms with Crippen LogP contribution in [0.2, 0.25) is 0 Å². The van der Waals surface area contributed by atoms with Gasteiger partial charge in [0.1, 0.15) is 0 Å². The Balaban J connectivity index is 2.81. The number of nitrogens with one attached hydrogen (secondary N) is 2. The summed E-state index contributed by atoms with van der Waals surface area (Å²) in [7, 11) is -3.52. The fourth-order valence-electron chi connectivity index (χ4n) is 1.85. The molecule has 1 unspecified atom stereocenters. The average Bonchev–Trinajstić information content (AvgIpc) is 2.48. The van der Waals surface area contributed by atoms with E-state index in [-0.39, 0.29) is 17.0 Å². The van der Waals surface area contributed by atoms with Gasteiger partial charge in [0, 0.05) is 24.8 Å². The van der Waals surface area contributed by atoms with E-state index < -0.39 is 10.0 Å². The molecule has 124 valence electrons. The van der Waals surface area contributed by atoms with Crippen molar-refractivity contribution < 1.29 is 13.2 Å². The minimum atomic E-state index is -3.52. The van der Waals surface area contributed by atoms with Crippen LogP contribution in [0.1, 0.15) is 34.1 Å². The highest BCUT2D eigenvalue weighted by Gasteiger charge is 2.16. The van der Waals surface area contributed by atoms with Gasteiger partial charge in [-0.2, -0.15) is 0 Å². The minimum Gasteiger partial charge on any atom is -0.325 e. The highest BCUT2D eigenvalue weighted by molar-refractivity contribution is 7.89. The van der Waals surface area contributed by atoms with Gasteiger partial charge in [0.25, 0.3) is 0 Å². The molecule has 0 bridgehead atoms. The summed E-state index contributed by atoms with van der Waals surface area (Å²) in [5, 5.41) is 2.75. The first-order valence-corrected chi connectivity index (χ1v) is 9.00. The number of urea groups is 1. The average molecular weight is 327 g/mol. The number of amides is 2. The summed E-state index contributed by atoms with van der Waals surface area (Å²) in [5.41, 5.74) is 0.569. The Morgan fingerprint density at radius 2 is 1.68 bits per heavy atom. The molecule has 0 aliphatic carbocycles. The van der Waals surface area contributed by atoms with E-state index in [4.69, 9.17) is 0 Å². The van der Waals surface area contributed by atoms with E-state index in [0.717, 1.165) is 6.42 Å². The lowest BCUT2D eigenvalue weighted by Crippen LogP contribution is -2.34. The molecule has 0 fully saturated rings. The fraction of sp³-hybridized carbons (Fsp3) is 0.533. The normalized spacial score (nSPS) is 12.7. The van der Waals surface area contributed by atoms with Crippen molar-refractivity contribution in [3.8, 4) is 0 Å². The Morgan fingerprint density at radius 3 is 2.14 bits per heavy atom. The zero-order valence-electron chi connectivity index (χ0n) is 13.6. The summed E-state index contributed by atoms with van der Waals surface area (Å²) < 4.78 is 26.9. The van der Waals surface area contributed by atoms with Crippen molar-refractivity contribution in [2.75, 3.05) is 18.4 Å². The molecule has 0 radical (unpaired) electrons. The molecule has 1 rings (SSSR count). The third-order valence-corrected chi connectivity index (χ3v) is 5.04. The van der Waals surface area contributed by atoms with Crippen LogP contribution in [0.5, 0.6) is 0 Å². The van der Waals surface area contributed by atoms with Crippen LogP contribution in [-0.4, -0.2) is 38.5 Å². The maximum atomic E-state index is 12.1. The number of sulfonamides is 1. The Hall–Kier alpha value is -1.60. The molecule has 0 aromatic heterocycles. The Bertz CT molecular complexity index is 581. The van der Waals surface area contributed by atoms with E-state index in [9.17, 15) is 13.2 Å². The van der Waals surface area contributed by atoms with Gasteiger partial charge < -0.3 is 10.2 Å². The molecule has 0 aliphatic heterocycles. The molecular formula is C15H25N3O3S. The second-order valence-corrected chi connectivity index (χ2v) is 6.77. The lowest BCUT2D eigenvalue weighted by atomic mass is 10.3. The third-order valence-electron chi connectivity index (χ3n) is 3.44. The van der Waals surface area contributed by atoms with Crippen molar-refractivity contribution in [3.63, 3.8) is 0 Å². The van der Waals surface area contributed by atoms with Crippen LogP contribution < -0.4 is 10.0 Å². The highest BCUT2D eigenvalue weighted by Crippen LogP contribution is 2.15. The molecule has 0 heterocycles. The van der Waals surface area contributed by atoms with Crippen LogP contribution >= 0.6 is 0 Å². The number of hydrogen-bond acceptors (Lipinski definition) is 3. The van der Waals surface area contributed by atoms with Gasteiger partial charge in [0.05, 0.1) is 4.90 Å². The maximum Gasteiger partial charge on any atom is 0.321 e. The van der Waals surface area contributed by atoms with Gasteiger partial charge >= 0.3 is 6.03 Å². The molecule has 0 saturated carbocycles. The molecule has 2 amide bonds. The summed E-state index contributed by atoms with van der Waals surface area (Å²) in [6, 6.07) is 5.84. The number of anilines is 1. The van der Waals surface area contributed by atoms with Crippen molar-refractivity contribution in [2.24, 2.45) is 0 Å². The second-order valence-electron chi connectivity index (χ2n) is 5.06. The SMILES string of the molecule is CCC(C)NS(=O)(=O)c1ccc(NC(=O)N(CC)CC)cc1. The summed E-state index contributed by atoms with van der Waals surface area (Å²) >= 11 is 0. The van der Waals surface area contributed by atoms with Crippen molar-refractivity contribution in [1.82, 2.24) is 9.62 Å². The van der Waals surface area contributed by atoms with Crippen LogP contribution in [0, 0.1) is 0 Å². The first kappa shape index (κ1) is 18.4. The minimum absolute atomic E-state index is 0.118. The number of rotatable bonds is 7. The summed E-state index contributed by atoms with van der Waals surface area (Å²) in [6.07, 6.45) is 0.719. The largest absolute Gasteiger partial charge is 0.325 e. The third kappa shape index (κ3) is 4.99. The van der Waals surface area contributed by atoms with Crippen molar-refractivity contribution in [2.45, 2.75) is 45.1 Å². The lowest BCUT2D eigenvalue weighted by Gasteiger charge is -2.19. The maximum absolute atomic E-state index is 12.1. The first-order chi connectivity index (χ1) is 10.3. The molecule has 22 heavy (non-hydrogen) atoms. The predicted molar refractivity (Wildman–Crippen MR) is 88.5 cm³/mol. The van der Waals surface area contributed by atoms with Crippen LogP contribution in [0.15, 0.2) is 29.2 Å². The summed E-state index contributed by atoms with van der Waals surface area (Å²) in [6.45, 7) is 8.77. The Labute approximate surface area is 132 Å². The molecule has 0 saturated heterocycles. The van der Waals surface area contributed by atoms with Gasteiger partial charge in [0.2, 0.25) is 10.0 Å². The molecule has 1 aromatic rings. The summed E-state index contributed by atoms with van der Waals surface area (Å²) in [5.74, 6) is 0. The van der Waals surface area contributed by atoms with Gasteiger partial charge in [0.15, 0.2) is 0 Å². The molecule has 1 aromatic carbocycles. The van der Waals surface area contributed by atoms with Gasteiger partial charge in [-0.3, -0.25) is 0 Å². The molecule has 1 atom stereocenters. The van der Waals surface area contributed by atoms with Crippen molar-refractivity contribution >= 4 is 21.7 Å². The van der Waals surface area contributed by atoms with E-state index in [1.54, 1.807) is 17.0 Å². The topological polar surface area (TPSA) is 78.5 Å². The molecule has 0 spiro atoms. The molecular weight excluding hydrogens is 302 g/mol. The Morgan fingerprint density at radius 1 is 1.14 bits per heavy atom. The van der Waals surface area contributed by atoms with E-state index in [1.807, 2.05) is 27.7 Å². The van der Waals surface area contributed by atoms with Crippen molar-refractivity contribution in [1.29, 1.82) is 0 Å². The molecule has 6 nitrogen and oxygen atoms in total. The van der Waals surface area contributed by atoms with Gasteiger partial charge in [-0.1, -0.05) is 6.92 Å². The lowest BCUT2D eigenvalue weighted by molar-refractivity contribution is 0.217. The summed E-state index contributed by atoms with van der Waals surface area (Å²) in [4.78, 5) is 13.8. The number of carbonyl (C=O) groups excluding carboxylic acids is 1. The Kier molecular flexibility index (Phi) is 6.83. The number of benzene rings is 1. The van der Waals surface area contributed by atoms with Gasteiger partial charge in [-0.15, -0.1) is 0 Å². The number of nitrogens with zero attached hydrogens (tertiary/aromatic N) is 1. The molecule has 7 heteroatoms. The first-order valence-electron chi connectivity index (χ1n) is 7.52. The van der Waals surface area contributed by atoms with Crippen LogP contribution in [0.4, 0.5) is 10.5 Å². The number of hydrogen-bond donors (Lipinski definition) is 2. The van der Waals surface area contributed by atoms with E-state index in [1.165, 1.54) is 12.1 Å². The van der Waals surface area contributed by atoms with E-state index in [0.29, 0.717) is 18.8 Å². The number of carbonyl (C=O) groups is 1. The van der Waals surface area contributed by atoms with Crippen LogP contribution in [-0.2, 0) is 10.0 Å². The monoisotopic (exact) mass is 327 g/mol.